The van der Waals surface area contributed by atoms with E-state index in [1.807, 2.05) is 0 Å². The van der Waals surface area contributed by atoms with Crippen LogP contribution in [0.1, 0.15) is 27.6 Å². The number of para-hydroxylation sites is 1. The highest BCUT2D eigenvalue weighted by molar-refractivity contribution is 6.33. The fourth-order valence-electron chi connectivity index (χ4n) is 2.46. The number of pyridine rings is 1. The first-order valence-electron chi connectivity index (χ1n) is 8.62. The van der Waals surface area contributed by atoms with E-state index in [0.29, 0.717) is 34.1 Å². The molecular weight excluding hydrogens is 378 g/mol. The van der Waals surface area contributed by atoms with E-state index in [2.05, 4.69) is 15.6 Å². The van der Waals surface area contributed by atoms with Gasteiger partial charge >= 0.3 is 5.97 Å². The summed E-state index contributed by atoms with van der Waals surface area (Å²) in [5.74, 6) is -0.684. The Bertz CT molecular complexity index is 990. The zero-order chi connectivity index (χ0) is 19.9. The maximum atomic E-state index is 12.5. The molecule has 1 heterocycles. The molecule has 0 atom stereocenters. The number of esters is 1. The van der Waals surface area contributed by atoms with Crippen molar-refractivity contribution in [1.29, 1.82) is 0 Å². The second kappa shape index (κ2) is 9.01. The van der Waals surface area contributed by atoms with Crippen molar-refractivity contribution in [1.82, 2.24) is 4.98 Å². The standard InChI is InChI=1S/C21H18ClN3O3/c1-2-28-21(27)14-7-9-16(10-8-14)24-17-11-15(12-23-13-17)20(26)25-19-6-4-3-5-18(19)22/h3-13,24H,2H2,1H3,(H,25,26). The molecule has 0 aliphatic carbocycles. The number of benzene rings is 2. The van der Waals surface area contributed by atoms with Crippen molar-refractivity contribution in [3.63, 3.8) is 0 Å². The molecule has 1 aromatic heterocycles. The quantitative estimate of drug-likeness (QED) is 0.580. The lowest BCUT2D eigenvalue weighted by Crippen LogP contribution is -2.12. The molecule has 7 heteroatoms. The van der Waals surface area contributed by atoms with Crippen LogP contribution < -0.4 is 10.6 Å². The van der Waals surface area contributed by atoms with Gasteiger partial charge in [0.15, 0.2) is 0 Å². The predicted octanol–water partition coefficient (Wildman–Crippen LogP) is 4.91. The van der Waals surface area contributed by atoms with E-state index < -0.39 is 0 Å². The lowest BCUT2D eigenvalue weighted by Gasteiger charge is -2.10. The lowest BCUT2D eigenvalue weighted by molar-refractivity contribution is 0.0526. The summed E-state index contributed by atoms with van der Waals surface area (Å²) >= 11 is 6.07. The highest BCUT2D eigenvalue weighted by Gasteiger charge is 2.10. The molecule has 0 spiro atoms. The number of carbonyl (C=O) groups is 2. The van der Waals surface area contributed by atoms with Crippen LogP contribution in [0.5, 0.6) is 0 Å². The molecule has 0 bridgehead atoms. The number of anilines is 3. The van der Waals surface area contributed by atoms with Gasteiger partial charge in [-0.1, -0.05) is 23.7 Å². The Kier molecular flexibility index (Phi) is 6.24. The summed E-state index contributed by atoms with van der Waals surface area (Å²) in [7, 11) is 0. The number of carbonyl (C=O) groups excluding carboxylic acids is 2. The van der Waals surface area contributed by atoms with Gasteiger partial charge in [0.05, 0.1) is 40.3 Å². The number of hydrogen-bond acceptors (Lipinski definition) is 5. The van der Waals surface area contributed by atoms with Gasteiger partial charge in [0.1, 0.15) is 0 Å². The minimum Gasteiger partial charge on any atom is -0.462 e. The second-order valence-electron chi connectivity index (χ2n) is 5.82. The normalized spacial score (nSPS) is 10.2. The molecule has 0 unspecified atom stereocenters. The molecule has 0 fully saturated rings. The molecule has 0 aliphatic rings. The van der Waals surface area contributed by atoms with Crippen molar-refractivity contribution in [2.75, 3.05) is 17.2 Å². The van der Waals surface area contributed by atoms with Crippen molar-refractivity contribution in [3.05, 3.63) is 83.1 Å². The predicted molar refractivity (Wildman–Crippen MR) is 109 cm³/mol. The monoisotopic (exact) mass is 395 g/mol. The first-order valence-corrected chi connectivity index (χ1v) is 8.99. The molecule has 1 amide bonds. The van der Waals surface area contributed by atoms with E-state index in [1.54, 1.807) is 67.7 Å². The molecule has 6 nitrogen and oxygen atoms in total. The van der Waals surface area contributed by atoms with Crippen molar-refractivity contribution in [2.24, 2.45) is 0 Å². The molecule has 3 rings (SSSR count). The Balaban J connectivity index is 1.70. The van der Waals surface area contributed by atoms with Crippen LogP contribution in [0.25, 0.3) is 0 Å². The zero-order valence-corrected chi connectivity index (χ0v) is 15.9. The van der Waals surface area contributed by atoms with Crippen molar-refractivity contribution in [3.8, 4) is 0 Å². The third-order valence-electron chi connectivity index (χ3n) is 3.81. The van der Waals surface area contributed by atoms with E-state index in [1.165, 1.54) is 6.20 Å². The molecular formula is C21H18ClN3O3. The summed E-state index contributed by atoms with van der Waals surface area (Å²) in [6.07, 6.45) is 3.08. The Morgan fingerprint density at radius 1 is 1.00 bits per heavy atom. The van der Waals surface area contributed by atoms with Crippen LogP contribution in [0, 0.1) is 0 Å². The molecule has 2 aromatic carbocycles. The average molecular weight is 396 g/mol. The molecule has 3 aromatic rings. The summed E-state index contributed by atoms with van der Waals surface area (Å²) in [5, 5.41) is 6.37. The number of ether oxygens (including phenoxy) is 1. The maximum Gasteiger partial charge on any atom is 0.338 e. The second-order valence-corrected chi connectivity index (χ2v) is 6.23. The third kappa shape index (κ3) is 4.86. The van der Waals surface area contributed by atoms with E-state index in [9.17, 15) is 9.59 Å². The van der Waals surface area contributed by atoms with E-state index in [0.717, 1.165) is 5.69 Å². The summed E-state index contributed by atoms with van der Waals surface area (Å²) in [4.78, 5) is 28.3. The number of halogens is 1. The molecule has 142 valence electrons. The van der Waals surface area contributed by atoms with Gasteiger partial charge in [-0.05, 0) is 49.4 Å². The van der Waals surface area contributed by atoms with Crippen LogP contribution in [0.4, 0.5) is 17.1 Å². The van der Waals surface area contributed by atoms with Gasteiger partial charge in [0, 0.05) is 11.9 Å². The van der Waals surface area contributed by atoms with Crippen molar-refractivity contribution >= 4 is 40.5 Å². The molecule has 0 aliphatic heterocycles. The number of aromatic nitrogens is 1. The first-order chi connectivity index (χ1) is 13.6. The topological polar surface area (TPSA) is 80.3 Å². The van der Waals surface area contributed by atoms with Gasteiger partial charge < -0.3 is 15.4 Å². The number of amides is 1. The number of rotatable bonds is 6. The third-order valence-corrected chi connectivity index (χ3v) is 4.14. The Hall–Kier alpha value is -3.38. The molecule has 0 radical (unpaired) electrons. The zero-order valence-electron chi connectivity index (χ0n) is 15.1. The van der Waals surface area contributed by atoms with Crippen molar-refractivity contribution in [2.45, 2.75) is 6.92 Å². The van der Waals surface area contributed by atoms with Gasteiger partial charge in [-0.3, -0.25) is 9.78 Å². The van der Waals surface area contributed by atoms with Gasteiger partial charge in [-0.2, -0.15) is 0 Å². The van der Waals surface area contributed by atoms with Crippen LogP contribution in [-0.2, 0) is 4.74 Å². The minimum atomic E-state index is -0.367. The Morgan fingerprint density at radius 2 is 1.75 bits per heavy atom. The van der Waals surface area contributed by atoms with E-state index in [-0.39, 0.29) is 11.9 Å². The van der Waals surface area contributed by atoms with Crippen LogP contribution in [-0.4, -0.2) is 23.5 Å². The smallest absolute Gasteiger partial charge is 0.338 e. The lowest BCUT2D eigenvalue weighted by atomic mass is 10.2. The molecule has 28 heavy (non-hydrogen) atoms. The van der Waals surface area contributed by atoms with Crippen molar-refractivity contribution < 1.29 is 14.3 Å². The summed E-state index contributed by atoms with van der Waals surface area (Å²) < 4.78 is 4.96. The highest BCUT2D eigenvalue weighted by Crippen LogP contribution is 2.22. The number of nitrogens with zero attached hydrogens (tertiary/aromatic N) is 1. The van der Waals surface area contributed by atoms with Crippen LogP contribution >= 0.6 is 11.6 Å². The average Bonchev–Trinajstić information content (AvgIpc) is 2.70. The first kappa shape index (κ1) is 19.4. The van der Waals surface area contributed by atoms with E-state index >= 15 is 0 Å². The fourth-order valence-corrected chi connectivity index (χ4v) is 2.64. The number of hydrogen-bond donors (Lipinski definition) is 2. The van der Waals surface area contributed by atoms with Gasteiger partial charge in [-0.25, -0.2) is 4.79 Å². The maximum absolute atomic E-state index is 12.5. The molecule has 2 N–H and O–H groups in total. The SMILES string of the molecule is CCOC(=O)c1ccc(Nc2cncc(C(=O)Nc3ccccc3Cl)c2)cc1. The summed E-state index contributed by atoms with van der Waals surface area (Å²) in [5.41, 5.74) is 2.77. The molecule has 0 saturated carbocycles. The summed E-state index contributed by atoms with van der Waals surface area (Å²) in [6, 6.07) is 15.5. The highest BCUT2D eigenvalue weighted by atomic mass is 35.5. The summed E-state index contributed by atoms with van der Waals surface area (Å²) in [6.45, 7) is 2.09. The van der Waals surface area contributed by atoms with Crippen LogP contribution in [0.15, 0.2) is 67.0 Å². The Morgan fingerprint density at radius 3 is 2.46 bits per heavy atom. The van der Waals surface area contributed by atoms with Gasteiger partial charge in [0.2, 0.25) is 0 Å². The molecule has 0 saturated heterocycles. The number of nitrogens with one attached hydrogen (secondary N) is 2. The fraction of sp³-hybridized carbons (Fsp3) is 0.0952. The van der Waals surface area contributed by atoms with Crippen LogP contribution in [0.2, 0.25) is 5.02 Å². The minimum absolute atomic E-state index is 0.318. The van der Waals surface area contributed by atoms with Gasteiger partial charge in [0.25, 0.3) is 5.91 Å². The van der Waals surface area contributed by atoms with E-state index in [4.69, 9.17) is 16.3 Å². The Labute approximate surface area is 167 Å². The van der Waals surface area contributed by atoms with Gasteiger partial charge in [-0.15, -0.1) is 0 Å². The van der Waals surface area contributed by atoms with Crippen LogP contribution in [0.3, 0.4) is 0 Å². The largest absolute Gasteiger partial charge is 0.462 e.